The number of nitrogens with one attached hydrogen (secondary N) is 2. The number of hydrogen-bond donors (Lipinski definition) is 2. The molecule has 2 N–H and O–H groups in total. The predicted molar refractivity (Wildman–Crippen MR) is 95.8 cm³/mol. The van der Waals surface area contributed by atoms with Crippen molar-refractivity contribution in [2.45, 2.75) is 52.0 Å². The van der Waals surface area contributed by atoms with Gasteiger partial charge in [0.05, 0.1) is 11.9 Å². The highest BCUT2D eigenvalue weighted by Crippen LogP contribution is 2.22. The van der Waals surface area contributed by atoms with Gasteiger partial charge in [-0.05, 0) is 44.4 Å². The molecule has 0 aliphatic heterocycles. The molecular formula is C19H23N3O3. The van der Waals surface area contributed by atoms with Crippen LogP contribution in [0.4, 0.5) is 4.79 Å². The van der Waals surface area contributed by atoms with Crippen LogP contribution in [0.3, 0.4) is 0 Å². The van der Waals surface area contributed by atoms with Crippen molar-refractivity contribution >= 4 is 6.09 Å². The third-order valence-corrected chi connectivity index (χ3v) is 4.60. The van der Waals surface area contributed by atoms with Crippen LogP contribution < -0.4 is 15.6 Å². The summed E-state index contributed by atoms with van der Waals surface area (Å²) >= 11 is 0. The lowest BCUT2D eigenvalue weighted by molar-refractivity contribution is 0.196. The van der Waals surface area contributed by atoms with Gasteiger partial charge in [0.25, 0.3) is 5.56 Å². The molecule has 3 rings (SSSR count). The van der Waals surface area contributed by atoms with E-state index in [1.54, 1.807) is 12.1 Å². The van der Waals surface area contributed by atoms with Crippen LogP contribution in [0.25, 0.3) is 11.3 Å². The number of nitrogens with zero attached hydrogens (tertiary/aromatic N) is 1. The molecule has 0 saturated heterocycles. The van der Waals surface area contributed by atoms with Gasteiger partial charge in [0.2, 0.25) is 0 Å². The zero-order chi connectivity index (χ0) is 17.8. The average molecular weight is 341 g/mol. The Morgan fingerprint density at radius 3 is 2.76 bits per heavy atom. The van der Waals surface area contributed by atoms with Crippen molar-refractivity contribution in [2.75, 3.05) is 0 Å². The first-order chi connectivity index (χ1) is 12.1. The third kappa shape index (κ3) is 4.07. The van der Waals surface area contributed by atoms with Gasteiger partial charge in [-0.25, -0.2) is 4.79 Å². The topological polar surface area (TPSA) is 84.1 Å². The molecule has 2 heterocycles. The number of aromatic nitrogens is 2. The van der Waals surface area contributed by atoms with E-state index in [1.807, 2.05) is 19.9 Å². The van der Waals surface area contributed by atoms with Gasteiger partial charge in [-0.3, -0.25) is 9.78 Å². The van der Waals surface area contributed by atoms with Crippen LogP contribution in [0.5, 0.6) is 5.75 Å². The van der Waals surface area contributed by atoms with E-state index in [2.05, 4.69) is 15.3 Å². The summed E-state index contributed by atoms with van der Waals surface area (Å²) in [5.74, 6) is 0.400. The summed E-state index contributed by atoms with van der Waals surface area (Å²) in [6.07, 6.45) is 6.08. The van der Waals surface area contributed by atoms with Gasteiger partial charge in [-0.2, -0.15) is 0 Å². The number of carbonyl (C=O) groups excluding carboxylic acids is 1. The monoisotopic (exact) mass is 341 g/mol. The van der Waals surface area contributed by atoms with E-state index >= 15 is 0 Å². The summed E-state index contributed by atoms with van der Waals surface area (Å²) in [5.41, 5.74) is 3.03. The van der Waals surface area contributed by atoms with Gasteiger partial charge < -0.3 is 15.0 Å². The standard InChI is InChI=1S/C19H23N3O3/c1-3-13-10-16(12(2)21-18(13)23)17-9-8-15(11-20-17)25-19(24)22-14-6-4-5-7-14/h8-11,14H,3-7H2,1-2H3,(H,21,23)(H,22,24). The maximum absolute atomic E-state index is 11.9. The molecule has 0 unspecified atom stereocenters. The molecule has 6 nitrogen and oxygen atoms in total. The molecule has 1 fully saturated rings. The van der Waals surface area contributed by atoms with Crippen molar-refractivity contribution in [3.63, 3.8) is 0 Å². The Morgan fingerprint density at radius 1 is 1.36 bits per heavy atom. The van der Waals surface area contributed by atoms with E-state index in [9.17, 15) is 9.59 Å². The number of aromatic amines is 1. The van der Waals surface area contributed by atoms with Crippen LogP contribution in [0, 0.1) is 6.92 Å². The number of H-pyrrole nitrogens is 1. The van der Waals surface area contributed by atoms with E-state index < -0.39 is 6.09 Å². The fourth-order valence-corrected chi connectivity index (χ4v) is 3.17. The van der Waals surface area contributed by atoms with Gasteiger partial charge in [0.15, 0.2) is 5.75 Å². The fourth-order valence-electron chi connectivity index (χ4n) is 3.17. The summed E-state index contributed by atoms with van der Waals surface area (Å²) in [7, 11) is 0. The predicted octanol–water partition coefficient (Wildman–Crippen LogP) is 3.34. The Morgan fingerprint density at radius 2 is 2.12 bits per heavy atom. The minimum Gasteiger partial charge on any atom is -0.409 e. The molecule has 1 aliphatic rings. The highest BCUT2D eigenvalue weighted by Gasteiger charge is 2.18. The first kappa shape index (κ1) is 17.2. The van der Waals surface area contributed by atoms with Crippen LogP contribution in [0.15, 0.2) is 29.2 Å². The molecule has 0 spiro atoms. The number of carbonyl (C=O) groups is 1. The van der Waals surface area contributed by atoms with Gasteiger partial charge >= 0.3 is 6.09 Å². The molecule has 132 valence electrons. The van der Waals surface area contributed by atoms with Crippen molar-refractivity contribution in [1.29, 1.82) is 0 Å². The van der Waals surface area contributed by atoms with Crippen molar-refractivity contribution in [3.05, 3.63) is 46.0 Å². The summed E-state index contributed by atoms with van der Waals surface area (Å²) < 4.78 is 5.29. The van der Waals surface area contributed by atoms with Crippen LogP contribution in [0.2, 0.25) is 0 Å². The minimum atomic E-state index is -0.435. The molecule has 0 bridgehead atoms. The molecule has 0 radical (unpaired) electrons. The summed E-state index contributed by atoms with van der Waals surface area (Å²) in [4.78, 5) is 31.0. The molecule has 0 aromatic carbocycles. The quantitative estimate of drug-likeness (QED) is 0.893. The lowest BCUT2D eigenvalue weighted by Crippen LogP contribution is -2.34. The molecule has 6 heteroatoms. The number of pyridine rings is 2. The van der Waals surface area contributed by atoms with Gasteiger partial charge in [0.1, 0.15) is 0 Å². The second-order valence-electron chi connectivity index (χ2n) is 6.41. The van der Waals surface area contributed by atoms with Crippen molar-refractivity contribution in [1.82, 2.24) is 15.3 Å². The van der Waals surface area contributed by atoms with E-state index in [0.29, 0.717) is 12.2 Å². The van der Waals surface area contributed by atoms with Gasteiger partial charge in [-0.15, -0.1) is 0 Å². The van der Waals surface area contributed by atoms with Crippen molar-refractivity contribution < 1.29 is 9.53 Å². The Labute approximate surface area is 146 Å². The Hall–Kier alpha value is -2.63. The molecule has 25 heavy (non-hydrogen) atoms. The number of hydrogen-bond acceptors (Lipinski definition) is 4. The van der Waals surface area contributed by atoms with Crippen LogP contribution in [-0.4, -0.2) is 22.1 Å². The average Bonchev–Trinajstić information content (AvgIpc) is 3.09. The van der Waals surface area contributed by atoms with Crippen LogP contribution in [-0.2, 0) is 6.42 Å². The maximum atomic E-state index is 11.9. The molecule has 0 atom stereocenters. The lowest BCUT2D eigenvalue weighted by atomic mass is 10.1. The normalized spacial score (nSPS) is 14.5. The highest BCUT2D eigenvalue weighted by molar-refractivity contribution is 5.71. The van der Waals surface area contributed by atoms with E-state index in [4.69, 9.17) is 4.74 Å². The van der Waals surface area contributed by atoms with Crippen LogP contribution in [0.1, 0.15) is 43.9 Å². The zero-order valence-electron chi connectivity index (χ0n) is 14.6. The minimum absolute atomic E-state index is 0.0627. The number of rotatable bonds is 4. The fraction of sp³-hybridized carbons (Fsp3) is 0.421. The largest absolute Gasteiger partial charge is 0.412 e. The van der Waals surface area contributed by atoms with E-state index in [1.165, 1.54) is 6.20 Å². The number of aryl methyl sites for hydroxylation is 2. The second-order valence-corrected chi connectivity index (χ2v) is 6.41. The lowest BCUT2D eigenvalue weighted by Gasteiger charge is -2.12. The summed E-state index contributed by atoms with van der Waals surface area (Å²) in [5, 5.41) is 2.88. The molecule has 2 aromatic rings. The SMILES string of the molecule is CCc1cc(-c2ccc(OC(=O)NC3CCCC3)cn2)c(C)[nH]c1=O. The molecule has 1 amide bonds. The molecule has 1 aliphatic carbocycles. The van der Waals surface area contributed by atoms with Gasteiger partial charge in [-0.1, -0.05) is 19.8 Å². The first-order valence-electron chi connectivity index (χ1n) is 8.74. The first-order valence-corrected chi connectivity index (χ1v) is 8.74. The third-order valence-electron chi connectivity index (χ3n) is 4.60. The maximum Gasteiger partial charge on any atom is 0.412 e. The number of ether oxygens (including phenoxy) is 1. The van der Waals surface area contributed by atoms with Gasteiger partial charge in [0, 0.05) is 22.9 Å². The number of amides is 1. The highest BCUT2D eigenvalue weighted by atomic mass is 16.6. The Balaban J connectivity index is 1.72. The summed E-state index contributed by atoms with van der Waals surface area (Å²) in [6, 6.07) is 5.59. The van der Waals surface area contributed by atoms with Crippen molar-refractivity contribution in [3.8, 4) is 17.0 Å². The Bertz CT molecular complexity index is 806. The van der Waals surface area contributed by atoms with E-state index in [-0.39, 0.29) is 11.6 Å². The van der Waals surface area contributed by atoms with E-state index in [0.717, 1.165) is 48.2 Å². The summed E-state index contributed by atoms with van der Waals surface area (Å²) in [6.45, 7) is 3.79. The smallest absolute Gasteiger partial charge is 0.409 e. The Kier molecular flexibility index (Phi) is 5.16. The molecule has 1 saturated carbocycles. The van der Waals surface area contributed by atoms with Crippen molar-refractivity contribution in [2.24, 2.45) is 0 Å². The van der Waals surface area contributed by atoms with Crippen LogP contribution >= 0.6 is 0 Å². The second kappa shape index (κ2) is 7.51. The molecular weight excluding hydrogens is 318 g/mol. The molecule has 2 aromatic heterocycles. The zero-order valence-corrected chi connectivity index (χ0v) is 14.6.